The van der Waals surface area contributed by atoms with E-state index in [9.17, 15) is 9.90 Å². The van der Waals surface area contributed by atoms with Gasteiger partial charge in [-0.3, -0.25) is 4.79 Å². The largest absolute Gasteiger partial charge is 0.496 e. The van der Waals surface area contributed by atoms with Gasteiger partial charge in [0.25, 0.3) is 0 Å². The molecule has 0 radical (unpaired) electrons. The summed E-state index contributed by atoms with van der Waals surface area (Å²) in [5.74, 6) is 2.01. The molecule has 112 valence electrons. The van der Waals surface area contributed by atoms with E-state index in [-0.39, 0.29) is 0 Å². The van der Waals surface area contributed by atoms with E-state index < -0.39 is 11.4 Å². The Bertz CT molecular complexity index is 630. The maximum atomic E-state index is 11.7. The van der Waals surface area contributed by atoms with Crippen molar-refractivity contribution < 1.29 is 19.4 Å². The minimum Gasteiger partial charge on any atom is -0.496 e. The average Bonchev–Trinajstić information content (AvgIpc) is 3.05. The molecule has 0 aliphatic heterocycles. The van der Waals surface area contributed by atoms with Crippen molar-refractivity contribution >= 4 is 5.97 Å². The Hall–Kier alpha value is -1.71. The number of hydrogen-bond donors (Lipinski definition) is 1. The molecular weight excluding hydrogens is 268 g/mol. The van der Waals surface area contributed by atoms with Crippen molar-refractivity contribution in [2.75, 3.05) is 14.2 Å². The van der Waals surface area contributed by atoms with E-state index in [2.05, 4.69) is 0 Å². The van der Waals surface area contributed by atoms with Gasteiger partial charge in [-0.15, -0.1) is 0 Å². The quantitative estimate of drug-likeness (QED) is 0.924. The Kier molecular flexibility index (Phi) is 2.57. The number of carbonyl (C=O) groups is 1. The van der Waals surface area contributed by atoms with Gasteiger partial charge in [-0.1, -0.05) is 0 Å². The van der Waals surface area contributed by atoms with Gasteiger partial charge in [-0.2, -0.15) is 0 Å². The summed E-state index contributed by atoms with van der Waals surface area (Å²) in [5.41, 5.74) is 2.57. The molecule has 2 atom stereocenters. The van der Waals surface area contributed by atoms with Crippen LogP contribution in [0.15, 0.2) is 6.07 Å². The summed E-state index contributed by atoms with van der Waals surface area (Å²) in [6.45, 7) is 0. The monoisotopic (exact) mass is 288 g/mol. The van der Waals surface area contributed by atoms with Crippen molar-refractivity contribution in [3.8, 4) is 11.5 Å². The van der Waals surface area contributed by atoms with Crippen LogP contribution in [0.3, 0.4) is 0 Å². The predicted octanol–water partition coefficient (Wildman–Crippen LogP) is 3.18. The molecule has 0 spiro atoms. The summed E-state index contributed by atoms with van der Waals surface area (Å²) in [6.07, 6.45) is 4.93. The van der Waals surface area contributed by atoms with E-state index in [1.807, 2.05) is 6.07 Å². The second kappa shape index (κ2) is 4.15. The minimum absolute atomic E-state index is 0.512. The molecule has 3 aliphatic rings. The van der Waals surface area contributed by atoms with E-state index in [4.69, 9.17) is 9.47 Å². The third kappa shape index (κ3) is 1.53. The number of fused-ring (bicyclic) bond motifs is 5. The van der Waals surface area contributed by atoms with Crippen LogP contribution in [0.4, 0.5) is 0 Å². The number of ether oxygens (including phenoxy) is 2. The van der Waals surface area contributed by atoms with Crippen LogP contribution in [0.5, 0.6) is 11.5 Å². The highest BCUT2D eigenvalue weighted by atomic mass is 16.5. The summed E-state index contributed by atoms with van der Waals surface area (Å²) >= 11 is 0. The molecule has 1 aromatic rings. The Morgan fingerprint density at radius 1 is 1.19 bits per heavy atom. The molecule has 21 heavy (non-hydrogen) atoms. The third-order valence-corrected chi connectivity index (χ3v) is 5.67. The zero-order valence-electron chi connectivity index (χ0n) is 12.4. The highest BCUT2D eigenvalue weighted by Gasteiger charge is 2.55. The highest BCUT2D eigenvalue weighted by molar-refractivity contribution is 5.87. The summed E-state index contributed by atoms with van der Waals surface area (Å²) in [4.78, 5) is 11.7. The van der Waals surface area contributed by atoms with Gasteiger partial charge in [0, 0.05) is 16.7 Å². The maximum Gasteiger partial charge on any atom is 0.314 e. The minimum atomic E-state index is -0.754. The van der Waals surface area contributed by atoms with Crippen LogP contribution in [-0.4, -0.2) is 25.3 Å². The van der Waals surface area contributed by atoms with Crippen molar-refractivity contribution in [3.63, 3.8) is 0 Å². The SMILES string of the molecule is COc1cc(C2(C(=O)O)CC2)c(OC)c2c1C1CCC2C1. The van der Waals surface area contributed by atoms with Crippen molar-refractivity contribution in [2.45, 2.75) is 49.4 Å². The van der Waals surface area contributed by atoms with Gasteiger partial charge >= 0.3 is 5.97 Å². The molecule has 3 aliphatic carbocycles. The number of aliphatic carboxylic acids is 1. The van der Waals surface area contributed by atoms with Crippen molar-refractivity contribution in [1.29, 1.82) is 0 Å². The first-order valence-corrected chi connectivity index (χ1v) is 7.65. The van der Waals surface area contributed by atoms with Crippen LogP contribution in [-0.2, 0) is 10.2 Å². The van der Waals surface area contributed by atoms with Crippen LogP contribution < -0.4 is 9.47 Å². The predicted molar refractivity (Wildman–Crippen MR) is 77.4 cm³/mol. The summed E-state index contributed by atoms with van der Waals surface area (Å²) in [5, 5.41) is 9.62. The third-order valence-electron chi connectivity index (χ3n) is 5.67. The Labute approximate surface area is 124 Å². The topological polar surface area (TPSA) is 55.8 Å². The zero-order valence-corrected chi connectivity index (χ0v) is 12.4. The molecule has 0 heterocycles. The molecule has 2 fully saturated rings. The first-order chi connectivity index (χ1) is 10.1. The van der Waals surface area contributed by atoms with Gasteiger partial charge in [0.15, 0.2) is 0 Å². The molecule has 2 bridgehead atoms. The number of benzene rings is 1. The van der Waals surface area contributed by atoms with Gasteiger partial charge in [0.2, 0.25) is 0 Å². The normalized spacial score (nSPS) is 27.3. The van der Waals surface area contributed by atoms with Gasteiger partial charge < -0.3 is 14.6 Å². The van der Waals surface area contributed by atoms with E-state index >= 15 is 0 Å². The molecule has 0 amide bonds. The molecule has 2 unspecified atom stereocenters. The first kappa shape index (κ1) is 13.0. The maximum absolute atomic E-state index is 11.7. The van der Waals surface area contributed by atoms with E-state index in [1.165, 1.54) is 24.0 Å². The molecule has 4 heteroatoms. The van der Waals surface area contributed by atoms with Crippen molar-refractivity contribution in [3.05, 3.63) is 22.8 Å². The van der Waals surface area contributed by atoms with E-state index in [1.54, 1.807) is 14.2 Å². The molecule has 0 saturated heterocycles. The fourth-order valence-electron chi connectivity index (χ4n) is 4.47. The lowest BCUT2D eigenvalue weighted by atomic mass is 9.84. The summed E-state index contributed by atoms with van der Waals surface area (Å²) < 4.78 is 11.3. The number of carboxylic acids is 1. The Balaban J connectivity index is 1.97. The molecule has 2 saturated carbocycles. The fraction of sp³-hybridized carbons (Fsp3) is 0.588. The lowest BCUT2D eigenvalue weighted by Gasteiger charge is -2.25. The van der Waals surface area contributed by atoms with Gasteiger partial charge in [-0.25, -0.2) is 0 Å². The lowest BCUT2D eigenvalue weighted by Crippen LogP contribution is -2.22. The molecule has 0 aromatic heterocycles. The number of rotatable bonds is 4. The van der Waals surface area contributed by atoms with E-state index in [0.29, 0.717) is 24.7 Å². The van der Waals surface area contributed by atoms with Gasteiger partial charge in [-0.05, 0) is 50.0 Å². The van der Waals surface area contributed by atoms with Crippen LogP contribution in [0, 0.1) is 0 Å². The highest BCUT2D eigenvalue weighted by Crippen LogP contribution is 2.62. The lowest BCUT2D eigenvalue weighted by molar-refractivity contribution is -0.140. The average molecular weight is 288 g/mol. The van der Waals surface area contributed by atoms with Crippen LogP contribution in [0.1, 0.15) is 60.6 Å². The fourth-order valence-corrected chi connectivity index (χ4v) is 4.47. The standard InChI is InChI=1S/C17H20O4/c1-20-12-8-11(17(5-6-17)16(18)19)15(21-2)14-10-4-3-9(7-10)13(12)14/h8-10H,3-7H2,1-2H3,(H,18,19). The van der Waals surface area contributed by atoms with Crippen LogP contribution in [0.25, 0.3) is 0 Å². The zero-order chi connectivity index (χ0) is 14.8. The second-order valence-corrected chi connectivity index (χ2v) is 6.58. The van der Waals surface area contributed by atoms with Crippen LogP contribution in [0.2, 0.25) is 0 Å². The van der Waals surface area contributed by atoms with Gasteiger partial charge in [0.05, 0.1) is 19.6 Å². The molecule has 1 N–H and O–H groups in total. The molecule has 1 aromatic carbocycles. The first-order valence-electron chi connectivity index (χ1n) is 7.65. The number of methoxy groups -OCH3 is 2. The molecule has 4 rings (SSSR count). The Morgan fingerprint density at radius 2 is 1.86 bits per heavy atom. The van der Waals surface area contributed by atoms with Crippen molar-refractivity contribution in [1.82, 2.24) is 0 Å². The molecular formula is C17H20O4. The smallest absolute Gasteiger partial charge is 0.314 e. The van der Waals surface area contributed by atoms with Gasteiger partial charge in [0.1, 0.15) is 11.5 Å². The van der Waals surface area contributed by atoms with Crippen LogP contribution >= 0.6 is 0 Å². The molecule has 4 nitrogen and oxygen atoms in total. The van der Waals surface area contributed by atoms with Crippen molar-refractivity contribution in [2.24, 2.45) is 0 Å². The summed E-state index contributed by atoms with van der Waals surface area (Å²) in [7, 11) is 3.34. The second-order valence-electron chi connectivity index (χ2n) is 6.58. The summed E-state index contributed by atoms with van der Waals surface area (Å²) in [6, 6.07) is 1.93. The van der Waals surface area contributed by atoms with E-state index in [0.717, 1.165) is 23.5 Å². The number of hydrogen-bond acceptors (Lipinski definition) is 3. The number of carboxylic acid groups (broad SMARTS) is 1. The Morgan fingerprint density at radius 3 is 2.38 bits per heavy atom.